The molecule has 2 aromatic rings. The Bertz CT molecular complexity index is 899. The number of carbonyl (C=O) groups is 1. The Morgan fingerprint density at radius 3 is 2.64 bits per heavy atom. The summed E-state index contributed by atoms with van der Waals surface area (Å²) in [5.74, 6) is 1.14. The number of rotatable bonds is 10. The predicted octanol–water partition coefficient (Wildman–Crippen LogP) is 4.05. The van der Waals surface area contributed by atoms with Crippen LogP contribution in [0.3, 0.4) is 0 Å². The van der Waals surface area contributed by atoms with Crippen molar-refractivity contribution in [2.75, 3.05) is 26.2 Å². The molecule has 33 heavy (non-hydrogen) atoms. The van der Waals surface area contributed by atoms with Gasteiger partial charge in [-0.15, -0.1) is 24.0 Å². The molecule has 1 atom stereocenters. The number of nitrogens with one attached hydrogen (secondary N) is 2. The van der Waals surface area contributed by atoms with Crippen LogP contribution in [0, 0.1) is 5.92 Å². The Morgan fingerprint density at radius 2 is 1.91 bits per heavy atom. The van der Waals surface area contributed by atoms with Crippen LogP contribution in [-0.4, -0.2) is 49.6 Å². The van der Waals surface area contributed by atoms with Crippen LogP contribution < -0.4 is 15.4 Å². The van der Waals surface area contributed by atoms with Crippen molar-refractivity contribution < 1.29 is 18.3 Å². The minimum absolute atomic E-state index is 0. The fraction of sp³-hybridized carbons (Fsp3) is 0.417. The first-order valence-electron chi connectivity index (χ1n) is 10.9. The van der Waals surface area contributed by atoms with Gasteiger partial charge >= 0.3 is 6.61 Å². The molecule has 3 rings (SSSR count). The number of aliphatic imine (C=N–C) groups is 1. The van der Waals surface area contributed by atoms with Crippen LogP contribution in [0.5, 0.6) is 5.75 Å². The van der Waals surface area contributed by atoms with E-state index in [1.807, 2.05) is 36.1 Å². The molecule has 1 fully saturated rings. The highest BCUT2D eigenvalue weighted by molar-refractivity contribution is 14.0. The van der Waals surface area contributed by atoms with Crippen LogP contribution in [0.1, 0.15) is 24.5 Å². The van der Waals surface area contributed by atoms with Crippen molar-refractivity contribution in [3.05, 3.63) is 65.7 Å². The van der Waals surface area contributed by atoms with Crippen LogP contribution in [-0.2, 0) is 17.8 Å². The van der Waals surface area contributed by atoms with E-state index < -0.39 is 6.61 Å². The summed E-state index contributed by atoms with van der Waals surface area (Å²) in [6, 6.07) is 16.7. The fourth-order valence-corrected chi connectivity index (χ4v) is 3.69. The molecule has 1 unspecified atom stereocenters. The number of ether oxygens (including phenoxy) is 1. The summed E-state index contributed by atoms with van der Waals surface area (Å²) in [4.78, 5) is 18.8. The van der Waals surface area contributed by atoms with Crippen molar-refractivity contribution in [1.29, 1.82) is 0 Å². The molecule has 0 aromatic heterocycles. The van der Waals surface area contributed by atoms with Gasteiger partial charge in [0, 0.05) is 38.5 Å². The molecule has 0 bridgehead atoms. The molecular weight excluding hydrogens is 541 g/mol. The molecule has 2 aromatic carbocycles. The van der Waals surface area contributed by atoms with Crippen molar-refractivity contribution in [1.82, 2.24) is 15.5 Å². The first kappa shape index (κ1) is 26.8. The molecule has 1 heterocycles. The summed E-state index contributed by atoms with van der Waals surface area (Å²) in [7, 11) is 0. The second kappa shape index (κ2) is 14.0. The number of benzene rings is 2. The average Bonchev–Trinajstić information content (AvgIpc) is 3.14. The number of halogens is 3. The van der Waals surface area contributed by atoms with Gasteiger partial charge in [-0.05, 0) is 36.6 Å². The molecule has 1 amide bonds. The number of guanidine groups is 1. The van der Waals surface area contributed by atoms with E-state index in [9.17, 15) is 13.6 Å². The number of hydrogen-bond acceptors (Lipinski definition) is 3. The molecule has 1 saturated heterocycles. The summed E-state index contributed by atoms with van der Waals surface area (Å²) in [5, 5.41) is 6.49. The van der Waals surface area contributed by atoms with Gasteiger partial charge in [0.2, 0.25) is 5.91 Å². The van der Waals surface area contributed by atoms with Gasteiger partial charge in [-0.2, -0.15) is 8.78 Å². The first-order chi connectivity index (χ1) is 15.5. The molecule has 1 aliphatic heterocycles. The van der Waals surface area contributed by atoms with Gasteiger partial charge in [-0.3, -0.25) is 4.79 Å². The second-order valence-electron chi connectivity index (χ2n) is 7.75. The third-order valence-electron chi connectivity index (χ3n) is 5.25. The monoisotopic (exact) mass is 572 g/mol. The van der Waals surface area contributed by atoms with Crippen molar-refractivity contribution in [2.45, 2.75) is 32.9 Å². The number of carbonyl (C=O) groups excluding carboxylic acids is 1. The van der Waals surface area contributed by atoms with Crippen molar-refractivity contribution >= 4 is 35.8 Å². The maximum atomic E-state index is 12.4. The van der Waals surface area contributed by atoms with Gasteiger partial charge in [0.25, 0.3) is 0 Å². The maximum absolute atomic E-state index is 12.4. The number of alkyl halides is 2. The van der Waals surface area contributed by atoms with Crippen molar-refractivity contribution in [3.8, 4) is 5.75 Å². The third kappa shape index (κ3) is 9.15. The maximum Gasteiger partial charge on any atom is 0.387 e. The van der Waals surface area contributed by atoms with Gasteiger partial charge in [0.1, 0.15) is 5.75 Å². The quantitative estimate of drug-likeness (QED) is 0.256. The van der Waals surface area contributed by atoms with Gasteiger partial charge in [0.05, 0.1) is 6.54 Å². The standard InChI is InChI=1S/C24H30F2N4O2.HI/c1-2-27-24(28-15-19-9-6-10-21(13-19)32-23(25)26)29-16-20-14-22(31)30(17-20)12-11-18-7-4-3-5-8-18;/h3-10,13,20,23H,2,11-12,14-17H2,1H3,(H2,27,28,29);1H. The summed E-state index contributed by atoms with van der Waals surface area (Å²) < 4.78 is 29.3. The zero-order valence-electron chi connectivity index (χ0n) is 18.7. The lowest BCUT2D eigenvalue weighted by Crippen LogP contribution is -2.40. The summed E-state index contributed by atoms with van der Waals surface area (Å²) in [5.41, 5.74) is 2.00. The Hall–Kier alpha value is -2.43. The first-order valence-corrected chi connectivity index (χ1v) is 10.9. The second-order valence-corrected chi connectivity index (χ2v) is 7.75. The Balaban J connectivity index is 0.00000385. The average molecular weight is 572 g/mol. The topological polar surface area (TPSA) is 66.0 Å². The van der Waals surface area contributed by atoms with Crippen LogP contribution in [0.15, 0.2) is 59.6 Å². The Morgan fingerprint density at radius 1 is 1.15 bits per heavy atom. The lowest BCUT2D eigenvalue weighted by molar-refractivity contribution is -0.127. The van der Waals surface area contributed by atoms with Crippen LogP contribution in [0.25, 0.3) is 0 Å². The molecule has 0 aliphatic carbocycles. The largest absolute Gasteiger partial charge is 0.435 e. The normalized spacial score (nSPS) is 16.0. The van der Waals surface area contributed by atoms with Gasteiger partial charge < -0.3 is 20.3 Å². The number of likely N-dealkylation sites (tertiary alicyclic amines) is 1. The predicted molar refractivity (Wildman–Crippen MR) is 136 cm³/mol. The highest BCUT2D eigenvalue weighted by Gasteiger charge is 2.29. The minimum Gasteiger partial charge on any atom is -0.435 e. The molecule has 2 N–H and O–H groups in total. The number of amides is 1. The summed E-state index contributed by atoms with van der Waals surface area (Å²) in [6.07, 6.45) is 1.37. The molecule has 0 spiro atoms. The van der Waals surface area contributed by atoms with E-state index in [1.165, 1.54) is 11.6 Å². The minimum atomic E-state index is -2.85. The van der Waals surface area contributed by atoms with E-state index in [2.05, 4.69) is 32.5 Å². The fourth-order valence-electron chi connectivity index (χ4n) is 3.69. The lowest BCUT2D eigenvalue weighted by atomic mass is 10.1. The van der Waals surface area contributed by atoms with E-state index >= 15 is 0 Å². The molecule has 0 saturated carbocycles. The summed E-state index contributed by atoms with van der Waals surface area (Å²) >= 11 is 0. The molecule has 6 nitrogen and oxygen atoms in total. The van der Waals surface area contributed by atoms with E-state index in [-0.39, 0.29) is 41.6 Å². The molecular formula is C24H31F2IN4O2. The van der Waals surface area contributed by atoms with Crippen LogP contribution in [0.2, 0.25) is 0 Å². The Kier molecular flexibility index (Phi) is 11.4. The number of nitrogens with zero attached hydrogens (tertiary/aromatic N) is 2. The smallest absolute Gasteiger partial charge is 0.387 e. The molecule has 0 radical (unpaired) electrons. The third-order valence-corrected chi connectivity index (χ3v) is 5.25. The van der Waals surface area contributed by atoms with E-state index in [0.29, 0.717) is 32.0 Å². The number of hydrogen-bond donors (Lipinski definition) is 2. The van der Waals surface area contributed by atoms with E-state index in [1.54, 1.807) is 12.1 Å². The zero-order chi connectivity index (χ0) is 22.8. The van der Waals surface area contributed by atoms with E-state index in [0.717, 1.165) is 25.1 Å². The molecule has 9 heteroatoms. The van der Waals surface area contributed by atoms with E-state index in [4.69, 9.17) is 0 Å². The molecule has 180 valence electrons. The van der Waals surface area contributed by atoms with Gasteiger partial charge in [-0.1, -0.05) is 42.5 Å². The van der Waals surface area contributed by atoms with Crippen molar-refractivity contribution in [2.24, 2.45) is 10.9 Å². The van der Waals surface area contributed by atoms with Crippen molar-refractivity contribution in [3.63, 3.8) is 0 Å². The Labute approximate surface area is 210 Å². The SMILES string of the molecule is CCNC(=NCc1cccc(OC(F)F)c1)NCC1CC(=O)N(CCc2ccccc2)C1.I. The van der Waals surface area contributed by atoms with Crippen LogP contribution >= 0.6 is 24.0 Å². The van der Waals surface area contributed by atoms with Gasteiger partial charge in [0.15, 0.2) is 5.96 Å². The highest BCUT2D eigenvalue weighted by atomic mass is 127. The summed E-state index contributed by atoms with van der Waals surface area (Å²) in [6.45, 7) is 2.21. The van der Waals surface area contributed by atoms with Crippen LogP contribution in [0.4, 0.5) is 8.78 Å². The zero-order valence-corrected chi connectivity index (χ0v) is 21.0. The molecule has 1 aliphatic rings. The lowest BCUT2D eigenvalue weighted by Gasteiger charge is -2.18. The highest BCUT2D eigenvalue weighted by Crippen LogP contribution is 2.18. The van der Waals surface area contributed by atoms with Gasteiger partial charge in [-0.25, -0.2) is 4.99 Å².